The summed E-state index contributed by atoms with van der Waals surface area (Å²) in [6.45, 7) is 0. The van der Waals surface area contributed by atoms with Gasteiger partial charge < -0.3 is 0 Å². The number of hydrogen-bond donors (Lipinski definition) is 0. The van der Waals surface area contributed by atoms with Gasteiger partial charge in [-0.1, -0.05) is 18.2 Å². The van der Waals surface area contributed by atoms with Gasteiger partial charge in [0.1, 0.15) is 0 Å². The van der Waals surface area contributed by atoms with Crippen molar-refractivity contribution in [3.05, 3.63) is 41.8 Å². The molecule has 0 unspecified atom stereocenters. The number of halogens is 1. The molecule has 0 aliphatic rings. The lowest BCUT2D eigenvalue weighted by atomic mass is 10.2. The Morgan fingerprint density at radius 1 is 1.13 bits per heavy atom. The normalized spacial score (nSPS) is 11.5. The zero-order chi connectivity index (χ0) is 10.9. The highest BCUT2D eigenvalue weighted by atomic mass is 35.7. The van der Waals surface area contributed by atoms with Crippen molar-refractivity contribution in [2.75, 3.05) is 0 Å². The molecule has 0 radical (unpaired) electrons. The molecule has 1 aromatic heterocycles. The molecule has 2 aromatic rings. The molecule has 0 atom stereocenters. The third-order valence-corrected chi connectivity index (χ3v) is 4.19. The fourth-order valence-electron chi connectivity index (χ4n) is 1.24. The molecular formula is C10H7ClO2S2. The Kier molecular flexibility index (Phi) is 2.82. The molecule has 5 heteroatoms. The summed E-state index contributed by atoms with van der Waals surface area (Å²) in [5.74, 6) is 0. The van der Waals surface area contributed by atoms with Crippen LogP contribution in [0.1, 0.15) is 0 Å². The Bertz CT molecular complexity index is 559. The molecule has 1 aromatic carbocycles. The Hall–Kier alpha value is -0.840. The van der Waals surface area contributed by atoms with E-state index < -0.39 is 9.05 Å². The van der Waals surface area contributed by atoms with Crippen LogP contribution in [0.15, 0.2) is 46.7 Å². The first-order valence-corrected chi connectivity index (χ1v) is 7.35. The predicted molar refractivity (Wildman–Crippen MR) is 62.8 cm³/mol. The van der Waals surface area contributed by atoms with Crippen LogP contribution in [0.3, 0.4) is 0 Å². The first-order valence-electron chi connectivity index (χ1n) is 4.16. The molecule has 78 valence electrons. The number of thiophene rings is 1. The lowest BCUT2D eigenvalue weighted by molar-refractivity contribution is 0.609. The van der Waals surface area contributed by atoms with E-state index >= 15 is 0 Å². The van der Waals surface area contributed by atoms with Crippen molar-refractivity contribution in [1.82, 2.24) is 0 Å². The van der Waals surface area contributed by atoms with E-state index in [1.165, 1.54) is 6.07 Å². The number of benzene rings is 1. The third kappa shape index (κ3) is 2.40. The maximum Gasteiger partial charge on any atom is 0.261 e. The second kappa shape index (κ2) is 3.96. The Balaban J connectivity index is 2.53. The van der Waals surface area contributed by atoms with Crippen LogP contribution in [0.25, 0.3) is 10.4 Å². The zero-order valence-electron chi connectivity index (χ0n) is 7.55. The highest BCUT2D eigenvalue weighted by Crippen LogP contribution is 2.27. The van der Waals surface area contributed by atoms with Crippen LogP contribution in [0, 0.1) is 0 Å². The van der Waals surface area contributed by atoms with Crippen LogP contribution in [0.4, 0.5) is 0 Å². The molecule has 0 bridgehead atoms. The molecular weight excluding hydrogens is 252 g/mol. The molecule has 0 saturated carbocycles. The highest BCUT2D eigenvalue weighted by Gasteiger charge is 2.10. The van der Waals surface area contributed by atoms with Crippen LogP contribution < -0.4 is 0 Å². The van der Waals surface area contributed by atoms with Crippen LogP contribution >= 0.6 is 22.0 Å². The van der Waals surface area contributed by atoms with Gasteiger partial charge in [0.05, 0.1) is 4.90 Å². The number of rotatable bonds is 2. The SMILES string of the molecule is O=S(=O)(Cl)c1cccc(-c2cccs2)c1. The van der Waals surface area contributed by atoms with Crippen molar-refractivity contribution in [2.24, 2.45) is 0 Å². The molecule has 0 aliphatic carbocycles. The molecule has 0 N–H and O–H groups in total. The second-order valence-corrected chi connectivity index (χ2v) is 6.46. The van der Waals surface area contributed by atoms with Crippen LogP contribution in [0.2, 0.25) is 0 Å². The Labute approximate surface area is 96.6 Å². The lowest BCUT2D eigenvalue weighted by Gasteiger charge is -1.99. The van der Waals surface area contributed by atoms with Crippen molar-refractivity contribution >= 4 is 31.1 Å². The van der Waals surface area contributed by atoms with E-state index in [0.29, 0.717) is 0 Å². The van der Waals surface area contributed by atoms with Crippen molar-refractivity contribution in [3.63, 3.8) is 0 Å². The standard InChI is InChI=1S/C10H7ClO2S2/c11-15(12,13)9-4-1-3-8(7-9)10-5-2-6-14-10/h1-7H. The van der Waals surface area contributed by atoms with Crippen molar-refractivity contribution in [1.29, 1.82) is 0 Å². The Morgan fingerprint density at radius 3 is 2.53 bits per heavy atom. The van der Waals surface area contributed by atoms with Crippen molar-refractivity contribution in [2.45, 2.75) is 4.90 Å². The average Bonchev–Trinajstić information content (AvgIpc) is 2.69. The molecule has 2 nitrogen and oxygen atoms in total. The van der Waals surface area contributed by atoms with E-state index in [0.717, 1.165) is 10.4 Å². The molecule has 15 heavy (non-hydrogen) atoms. The number of hydrogen-bond acceptors (Lipinski definition) is 3. The summed E-state index contributed by atoms with van der Waals surface area (Å²) in [5, 5.41) is 1.94. The molecule has 0 saturated heterocycles. The van der Waals surface area contributed by atoms with E-state index in [9.17, 15) is 8.42 Å². The quantitative estimate of drug-likeness (QED) is 0.775. The van der Waals surface area contributed by atoms with Gasteiger partial charge in [-0.05, 0) is 29.1 Å². The smallest absolute Gasteiger partial charge is 0.207 e. The lowest BCUT2D eigenvalue weighted by Crippen LogP contribution is -1.89. The van der Waals surface area contributed by atoms with E-state index in [2.05, 4.69) is 0 Å². The van der Waals surface area contributed by atoms with E-state index in [-0.39, 0.29) is 4.90 Å². The highest BCUT2D eigenvalue weighted by molar-refractivity contribution is 8.13. The minimum atomic E-state index is -3.64. The molecule has 0 fully saturated rings. The molecule has 0 amide bonds. The second-order valence-electron chi connectivity index (χ2n) is 2.94. The maximum absolute atomic E-state index is 11.1. The summed E-state index contributed by atoms with van der Waals surface area (Å²) in [6.07, 6.45) is 0. The van der Waals surface area contributed by atoms with Gasteiger partial charge in [-0.15, -0.1) is 11.3 Å². The van der Waals surface area contributed by atoms with E-state index in [4.69, 9.17) is 10.7 Å². The Morgan fingerprint density at radius 2 is 1.93 bits per heavy atom. The first-order chi connectivity index (χ1) is 7.07. The summed E-state index contributed by atoms with van der Waals surface area (Å²) in [7, 11) is 1.63. The fourth-order valence-corrected chi connectivity index (χ4v) is 2.76. The molecule has 0 aliphatic heterocycles. The first kappa shape index (κ1) is 10.7. The van der Waals surface area contributed by atoms with Crippen molar-refractivity contribution < 1.29 is 8.42 Å². The van der Waals surface area contributed by atoms with Gasteiger partial charge in [-0.2, -0.15) is 0 Å². The van der Waals surface area contributed by atoms with Gasteiger partial charge in [-0.25, -0.2) is 8.42 Å². The van der Waals surface area contributed by atoms with Gasteiger partial charge in [0, 0.05) is 15.6 Å². The van der Waals surface area contributed by atoms with Gasteiger partial charge in [0.15, 0.2) is 0 Å². The molecule has 1 heterocycles. The minimum Gasteiger partial charge on any atom is -0.207 e. The van der Waals surface area contributed by atoms with Crippen LogP contribution in [-0.2, 0) is 9.05 Å². The predicted octanol–water partition coefficient (Wildman–Crippen LogP) is 3.34. The summed E-state index contributed by atoms with van der Waals surface area (Å²) >= 11 is 1.56. The minimum absolute atomic E-state index is 0.134. The summed E-state index contributed by atoms with van der Waals surface area (Å²) in [4.78, 5) is 1.16. The maximum atomic E-state index is 11.1. The summed E-state index contributed by atoms with van der Waals surface area (Å²) in [5.41, 5.74) is 0.867. The van der Waals surface area contributed by atoms with E-state index in [1.807, 2.05) is 23.6 Å². The van der Waals surface area contributed by atoms with Gasteiger partial charge >= 0.3 is 0 Å². The molecule has 0 spiro atoms. The van der Waals surface area contributed by atoms with Crippen LogP contribution in [-0.4, -0.2) is 8.42 Å². The van der Waals surface area contributed by atoms with Gasteiger partial charge in [-0.3, -0.25) is 0 Å². The largest absolute Gasteiger partial charge is 0.261 e. The van der Waals surface area contributed by atoms with Gasteiger partial charge in [0.2, 0.25) is 0 Å². The van der Waals surface area contributed by atoms with Crippen LogP contribution in [0.5, 0.6) is 0 Å². The topological polar surface area (TPSA) is 34.1 Å². The fraction of sp³-hybridized carbons (Fsp3) is 0. The average molecular weight is 259 g/mol. The molecule has 2 rings (SSSR count). The third-order valence-electron chi connectivity index (χ3n) is 1.92. The van der Waals surface area contributed by atoms with Crippen molar-refractivity contribution in [3.8, 4) is 10.4 Å². The van der Waals surface area contributed by atoms with E-state index in [1.54, 1.807) is 23.5 Å². The van der Waals surface area contributed by atoms with Gasteiger partial charge in [0.25, 0.3) is 9.05 Å². The zero-order valence-corrected chi connectivity index (χ0v) is 9.94. The summed E-state index contributed by atoms with van der Waals surface area (Å²) in [6, 6.07) is 10.5. The summed E-state index contributed by atoms with van der Waals surface area (Å²) < 4.78 is 22.2. The monoisotopic (exact) mass is 258 g/mol.